The van der Waals surface area contributed by atoms with Gasteiger partial charge in [0, 0.05) is 35.9 Å². The summed E-state index contributed by atoms with van der Waals surface area (Å²) in [7, 11) is 1.67. The van der Waals surface area contributed by atoms with Crippen molar-refractivity contribution in [2.45, 2.75) is 13.0 Å². The zero-order valence-corrected chi connectivity index (χ0v) is 15.8. The van der Waals surface area contributed by atoms with Crippen LogP contribution in [-0.4, -0.2) is 44.1 Å². The van der Waals surface area contributed by atoms with Crippen molar-refractivity contribution < 1.29 is 9.53 Å². The SMILES string of the molecule is COc1ccccc1C1CNCCN1CC(=O)Nc1cc(Cl)ccc1C. The van der Waals surface area contributed by atoms with Crippen LogP contribution in [-0.2, 0) is 4.79 Å². The summed E-state index contributed by atoms with van der Waals surface area (Å²) in [5.41, 5.74) is 2.84. The highest BCUT2D eigenvalue weighted by atomic mass is 35.5. The van der Waals surface area contributed by atoms with E-state index in [2.05, 4.69) is 21.6 Å². The van der Waals surface area contributed by atoms with Crippen LogP contribution in [0.2, 0.25) is 5.02 Å². The van der Waals surface area contributed by atoms with Gasteiger partial charge in [0.25, 0.3) is 0 Å². The minimum atomic E-state index is -0.0443. The molecule has 0 bridgehead atoms. The van der Waals surface area contributed by atoms with Gasteiger partial charge in [0.05, 0.1) is 19.7 Å². The second kappa shape index (κ2) is 8.54. The van der Waals surface area contributed by atoms with Gasteiger partial charge in [-0.1, -0.05) is 35.9 Å². The molecule has 0 saturated carbocycles. The van der Waals surface area contributed by atoms with Crippen LogP contribution < -0.4 is 15.4 Å². The van der Waals surface area contributed by atoms with E-state index < -0.39 is 0 Å². The van der Waals surface area contributed by atoms with Gasteiger partial charge in [0.1, 0.15) is 5.75 Å². The van der Waals surface area contributed by atoms with Gasteiger partial charge >= 0.3 is 0 Å². The van der Waals surface area contributed by atoms with Crippen LogP contribution in [0.5, 0.6) is 5.75 Å². The van der Waals surface area contributed by atoms with Crippen molar-refractivity contribution in [2.24, 2.45) is 0 Å². The highest BCUT2D eigenvalue weighted by Crippen LogP contribution is 2.30. The summed E-state index contributed by atoms with van der Waals surface area (Å²) in [6, 6.07) is 13.6. The summed E-state index contributed by atoms with van der Waals surface area (Å²) in [6.07, 6.45) is 0. The van der Waals surface area contributed by atoms with Gasteiger partial charge in [-0.3, -0.25) is 9.69 Å². The Morgan fingerprint density at radius 3 is 2.96 bits per heavy atom. The maximum absolute atomic E-state index is 12.6. The molecule has 1 atom stereocenters. The summed E-state index contributed by atoms with van der Waals surface area (Å²) < 4.78 is 5.51. The number of ether oxygens (including phenoxy) is 1. The van der Waals surface area contributed by atoms with Crippen molar-refractivity contribution in [1.29, 1.82) is 0 Å². The quantitative estimate of drug-likeness (QED) is 0.844. The first-order valence-electron chi connectivity index (χ1n) is 8.72. The normalized spacial score (nSPS) is 17.7. The monoisotopic (exact) mass is 373 g/mol. The molecule has 3 rings (SSSR count). The molecule has 1 heterocycles. The zero-order chi connectivity index (χ0) is 18.5. The number of amides is 1. The number of para-hydroxylation sites is 1. The van der Waals surface area contributed by atoms with E-state index in [0.29, 0.717) is 11.6 Å². The van der Waals surface area contributed by atoms with E-state index in [1.54, 1.807) is 13.2 Å². The highest BCUT2D eigenvalue weighted by molar-refractivity contribution is 6.31. The van der Waals surface area contributed by atoms with E-state index in [9.17, 15) is 4.79 Å². The summed E-state index contributed by atoms with van der Waals surface area (Å²) >= 11 is 6.04. The van der Waals surface area contributed by atoms with Crippen LogP contribution >= 0.6 is 11.6 Å². The average molecular weight is 374 g/mol. The summed E-state index contributed by atoms with van der Waals surface area (Å²) in [4.78, 5) is 14.8. The van der Waals surface area contributed by atoms with E-state index in [0.717, 1.165) is 42.2 Å². The van der Waals surface area contributed by atoms with Gasteiger partial charge < -0.3 is 15.4 Å². The lowest BCUT2D eigenvalue weighted by molar-refractivity contribution is -0.118. The molecule has 1 saturated heterocycles. The topological polar surface area (TPSA) is 53.6 Å². The molecule has 0 aromatic heterocycles. The Hall–Kier alpha value is -2.08. The van der Waals surface area contributed by atoms with E-state index >= 15 is 0 Å². The molecule has 1 unspecified atom stereocenters. The van der Waals surface area contributed by atoms with Crippen molar-refractivity contribution in [3.8, 4) is 5.75 Å². The molecule has 1 fully saturated rings. The van der Waals surface area contributed by atoms with Crippen LogP contribution in [0, 0.1) is 6.92 Å². The van der Waals surface area contributed by atoms with Gasteiger partial charge in [-0.05, 0) is 30.7 Å². The molecule has 2 aromatic carbocycles. The van der Waals surface area contributed by atoms with E-state index in [4.69, 9.17) is 16.3 Å². The molecule has 0 radical (unpaired) electrons. The first-order valence-corrected chi connectivity index (χ1v) is 9.10. The minimum absolute atomic E-state index is 0.0443. The third-order valence-corrected chi connectivity index (χ3v) is 4.91. The third kappa shape index (κ3) is 4.36. The predicted octanol–water partition coefficient (Wildman–Crippen LogP) is 3.24. The largest absolute Gasteiger partial charge is 0.496 e. The molecule has 0 spiro atoms. The fraction of sp³-hybridized carbons (Fsp3) is 0.350. The number of aryl methyl sites for hydroxylation is 1. The molecule has 138 valence electrons. The van der Waals surface area contributed by atoms with Crippen LogP contribution in [0.4, 0.5) is 5.69 Å². The number of carbonyl (C=O) groups excluding carboxylic acids is 1. The van der Waals surface area contributed by atoms with Crippen molar-refractivity contribution in [3.05, 3.63) is 58.6 Å². The number of rotatable bonds is 5. The van der Waals surface area contributed by atoms with Gasteiger partial charge in [0.15, 0.2) is 0 Å². The second-order valence-corrected chi connectivity index (χ2v) is 6.88. The molecule has 26 heavy (non-hydrogen) atoms. The number of carbonyl (C=O) groups is 1. The molecule has 1 aliphatic rings. The number of benzene rings is 2. The molecule has 1 aliphatic heterocycles. The van der Waals surface area contributed by atoms with Gasteiger partial charge in [-0.25, -0.2) is 0 Å². The molecule has 2 aromatic rings. The average Bonchev–Trinajstić information content (AvgIpc) is 2.65. The van der Waals surface area contributed by atoms with Crippen LogP contribution in [0.3, 0.4) is 0 Å². The second-order valence-electron chi connectivity index (χ2n) is 6.44. The molecule has 0 aliphatic carbocycles. The molecule has 5 nitrogen and oxygen atoms in total. The molecule has 6 heteroatoms. The number of anilines is 1. The number of halogens is 1. The van der Waals surface area contributed by atoms with Crippen molar-refractivity contribution >= 4 is 23.2 Å². The minimum Gasteiger partial charge on any atom is -0.496 e. The number of methoxy groups -OCH3 is 1. The first-order chi connectivity index (χ1) is 12.6. The smallest absolute Gasteiger partial charge is 0.238 e. The van der Waals surface area contributed by atoms with Crippen molar-refractivity contribution in [3.63, 3.8) is 0 Å². The Balaban J connectivity index is 1.74. The van der Waals surface area contributed by atoms with Crippen molar-refractivity contribution in [2.75, 3.05) is 38.6 Å². The Morgan fingerprint density at radius 2 is 2.15 bits per heavy atom. The van der Waals surface area contributed by atoms with E-state index in [-0.39, 0.29) is 11.9 Å². The number of hydrogen-bond donors (Lipinski definition) is 2. The van der Waals surface area contributed by atoms with Crippen molar-refractivity contribution in [1.82, 2.24) is 10.2 Å². The number of piperazine rings is 1. The molecular weight excluding hydrogens is 350 g/mol. The van der Waals surface area contributed by atoms with E-state index in [1.165, 1.54) is 0 Å². The Bertz CT molecular complexity index is 781. The lowest BCUT2D eigenvalue weighted by Gasteiger charge is -2.36. The van der Waals surface area contributed by atoms with Crippen LogP contribution in [0.15, 0.2) is 42.5 Å². The maximum atomic E-state index is 12.6. The van der Waals surface area contributed by atoms with Crippen LogP contribution in [0.25, 0.3) is 0 Å². The highest BCUT2D eigenvalue weighted by Gasteiger charge is 2.27. The standard InChI is InChI=1S/C20H24ClN3O2/c1-14-7-8-15(21)11-17(14)23-20(25)13-24-10-9-22-12-18(24)16-5-3-4-6-19(16)26-2/h3-8,11,18,22H,9-10,12-13H2,1-2H3,(H,23,25). The first kappa shape index (κ1) is 18.7. The van der Waals surface area contributed by atoms with Crippen LogP contribution in [0.1, 0.15) is 17.2 Å². The molecular formula is C20H24ClN3O2. The summed E-state index contributed by atoms with van der Waals surface area (Å²) in [5, 5.41) is 7.00. The Labute approximate surface area is 159 Å². The number of hydrogen-bond acceptors (Lipinski definition) is 4. The third-order valence-electron chi connectivity index (χ3n) is 4.67. The molecule has 1 amide bonds. The number of nitrogens with one attached hydrogen (secondary N) is 2. The summed E-state index contributed by atoms with van der Waals surface area (Å²) in [5.74, 6) is 0.800. The lowest BCUT2D eigenvalue weighted by Crippen LogP contribution is -2.48. The van der Waals surface area contributed by atoms with E-state index in [1.807, 2.05) is 37.3 Å². The lowest BCUT2D eigenvalue weighted by atomic mass is 10.0. The maximum Gasteiger partial charge on any atom is 0.238 e. The molecule has 2 N–H and O–H groups in total. The van der Waals surface area contributed by atoms with Gasteiger partial charge in [0.2, 0.25) is 5.91 Å². The van der Waals surface area contributed by atoms with Gasteiger partial charge in [-0.15, -0.1) is 0 Å². The fourth-order valence-electron chi connectivity index (χ4n) is 3.29. The Kier molecular flexibility index (Phi) is 6.14. The predicted molar refractivity (Wildman–Crippen MR) is 105 cm³/mol. The fourth-order valence-corrected chi connectivity index (χ4v) is 3.46. The summed E-state index contributed by atoms with van der Waals surface area (Å²) in [6.45, 7) is 4.70. The van der Waals surface area contributed by atoms with Gasteiger partial charge in [-0.2, -0.15) is 0 Å². The Morgan fingerprint density at radius 1 is 1.35 bits per heavy atom. The number of nitrogens with zero attached hydrogens (tertiary/aromatic N) is 1. The zero-order valence-electron chi connectivity index (χ0n) is 15.1.